The molecule has 2 heterocycles. The summed E-state index contributed by atoms with van der Waals surface area (Å²) < 4.78 is 66.6. The number of amidine groups is 1. The number of benzene rings is 1. The molecule has 0 amide bonds. The van der Waals surface area contributed by atoms with E-state index < -0.39 is 48.0 Å². The van der Waals surface area contributed by atoms with Crippen LogP contribution in [0.15, 0.2) is 35.6 Å². The van der Waals surface area contributed by atoms with Gasteiger partial charge in [-0.05, 0) is 37.5 Å². The zero-order valence-corrected chi connectivity index (χ0v) is 17.0. The maximum atomic E-state index is 15.4. The summed E-state index contributed by atoms with van der Waals surface area (Å²) in [6.07, 6.45) is -1.25. The van der Waals surface area contributed by atoms with E-state index in [1.807, 2.05) is 0 Å². The van der Waals surface area contributed by atoms with Crippen LogP contribution in [0.1, 0.15) is 41.4 Å². The number of carbonyl (C=O) groups is 1. The molecule has 7 nitrogen and oxygen atoms in total. The van der Waals surface area contributed by atoms with Crippen LogP contribution in [0, 0.1) is 5.82 Å². The molecule has 2 N–H and O–H groups in total. The smallest absolute Gasteiger partial charge is 0.283 e. The third-order valence-electron chi connectivity index (χ3n) is 5.69. The van der Waals surface area contributed by atoms with Crippen molar-refractivity contribution in [2.75, 3.05) is 6.86 Å². The SMILES string of the molecule is C[C@]1(c2cc(CC(=O)c3cnc(OCF)cn3)ccc2F)N=C(N)O[C@H](C2(F)CC2)[C@@H]1F. The van der Waals surface area contributed by atoms with Gasteiger partial charge in [0.15, 0.2) is 23.7 Å². The third kappa shape index (κ3) is 3.98. The molecule has 0 radical (unpaired) electrons. The van der Waals surface area contributed by atoms with Crippen molar-refractivity contribution in [3.8, 4) is 5.88 Å². The predicted molar refractivity (Wildman–Crippen MR) is 105 cm³/mol. The highest BCUT2D eigenvalue weighted by atomic mass is 19.2. The number of alkyl halides is 3. The molecule has 2 aromatic rings. The van der Waals surface area contributed by atoms with Gasteiger partial charge < -0.3 is 15.2 Å². The van der Waals surface area contributed by atoms with Crippen molar-refractivity contribution in [1.29, 1.82) is 0 Å². The fourth-order valence-electron chi connectivity index (χ4n) is 3.72. The summed E-state index contributed by atoms with van der Waals surface area (Å²) in [4.78, 5) is 24.1. The molecule has 1 fully saturated rings. The molecule has 11 heteroatoms. The standard InChI is InChI=1S/C21H20F4N4O3/c1-20(17(24)18(21(25)4-5-21)32-19(26)29-20)12-6-11(2-3-13(12)23)7-15(30)14-8-28-16(9-27-14)31-10-22/h2-3,6,8-9,17-18H,4-5,7,10H2,1H3,(H2,26,29)/t17-,18-,20+/m0/s1. The Labute approximate surface area is 180 Å². The van der Waals surface area contributed by atoms with Gasteiger partial charge in [-0.15, -0.1) is 0 Å². The van der Waals surface area contributed by atoms with Gasteiger partial charge in [0.1, 0.15) is 17.1 Å². The first kappa shape index (κ1) is 22.0. The number of hydrogen-bond donors (Lipinski definition) is 1. The lowest BCUT2D eigenvalue weighted by molar-refractivity contribution is -0.0388. The zero-order valence-electron chi connectivity index (χ0n) is 17.0. The molecule has 1 aliphatic heterocycles. The van der Waals surface area contributed by atoms with Gasteiger partial charge in [-0.2, -0.15) is 0 Å². The Hall–Kier alpha value is -3.24. The number of nitrogens with zero attached hydrogens (tertiary/aromatic N) is 3. The number of rotatable bonds is 7. The highest BCUT2D eigenvalue weighted by Gasteiger charge is 2.62. The normalized spacial score (nSPS) is 26.1. The van der Waals surface area contributed by atoms with E-state index in [9.17, 15) is 18.0 Å². The maximum Gasteiger partial charge on any atom is 0.283 e. The van der Waals surface area contributed by atoms with E-state index >= 15 is 4.39 Å². The van der Waals surface area contributed by atoms with Crippen molar-refractivity contribution in [1.82, 2.24) is 9.97 Å². The highest BCUT2D eigenvalue weighted by molar-refractivity contribution is 5.95. The molecule has 3 atom stereocenters. The average molecular weight is 452 g/mol. The minimum Gasteiger partial charge on any atom is -0.455 e. The van der Waals surface area contributed by atoms with E-state index in [2.05, 4.69) is 19.7 Å². The molecule has 32 heavy (non-hydrogen) atoms. The third-order valence-corrected chi connectivity index (χ3v) is 5.69. The minimum absolute atomic E-state index is 0.0156. The fraction of sp³-hybridized carbons (Fsp3) is 0.429. The molecule has 170 valence electrons. The van der Waals surface area contributed by atoms with Gasteiger partial charge in [-0.1, -0.05) is 6.07 Å². The first-order valence-corrected chi connectivity index (χ1v) is 9.84. The van der Waals surface area contributed by atoms with Gasteiger partial charge in [0.05, 0.1) is 12.4 Å². The number of halogens is 4. The van der Waals surface area contributed by atoms with Crippen molar-refractivity contribution in [3.05, 3.63) is 53.2 Å². The molecule has 1 aromatic carbocycles. The first-order chi connectivity index (χ1) is 15.2. The molecule has 4 rings (SSSR count). The molecular weight excluding hydrogens is 432 g/mol. The van der Waals surface area contributed by atoms with Crippen LogP contribution < -0.4 is 10.5 Å². The van der Waals surface area contributed by atoms with Gasteiger partial charge in [0.2, 0.25) is 12.7 Å². The number of hydrogen-bond acceptors (Lipinski definition) is 7. The molecular formula is C21H20F4N4O3. The Morgan fingerprint density at radius 3 is 2.69 bits per heavy atom. The molecule has 1 aromatic heterocycles. The molecule has 0 bridgehead atoms. The predicted octanol–water partition coefficient (Wildman–Crippen LogP) is 3.12. The van der Waals surface area contributed by atoms with Crippen LogP contribution in [0.4, 0.5) is 17.6 Å². The topological polar surface area (TPSA) is 99.7 Å². The molecule has 0 spiro atoms. The van der Waals surface area contributed by atoms with Gasteiger partial charge in [0.25, 0.3) is 6.02 Å². The Bertz CT molecular complexity index is 1060. The number of nitrogens with two attached hydrogens (primary N) is 1. The summed E-state index contributed by atoms with van der Waals surface area (Å²) in [6, 6.07) is 3.31. The maximum absolute atomic E-state index is 15.4. The van der Waals surface area contributed by atoms with Gasteiger partial charge in [0, 0.05) is 12.0 Å². The summed E-state index contributed by atoms with van der Waals surface area (Å²) in [6.45, 7) is 0.224. The van der Waals surface area contributed by atoms with Crippen LogP contribution in [0.5, 0.6) is 5.88 Å². The lowest BCUT2D eigenvalue weighted by atomic mass is 9.81. The Balaban J connectivity index is 1.61. The number of ketones is 1. The van der Waals surface area contributed by atoms with Gasteiger partial charge >= 0.3 is 0 Å². The number of ether oxygens (including phenoxy) is 2. The van der Waals surface area contributed by atoms with E-state index in [1.165, 1.54) is 19.1 Å². The van der Waals surface area contributed by atoms with Crippen LogP contribution in [-0.2, 0) is 16.7 Å². The lowest BCUT2D eigenvalue weighted by Crippen LogP contribution is -2.54. The van der Waals surface area contributed by atoms with Crippen LogP contribution in [-0.4, -0.2) is 46.6 Å². The second kappa shape index (κ2) is 8.03. The van der Waals surface area contributed by atoms with Gasteiger partial charge in [-0.25, -0.2) is 32.5 Å². The van der Waals surface area contributed by atoms with E-state index in [0.29, 0.717) is 5.56 Å². The lowest BCUT2D eigenvalue weighted by Gasteiger charge is -2.39. The molecule has 1 saturated carbocycles. The Kier molecular flexibility index (Phi) is 5.51. The summed E-state index contributed by atoms with van der Waals surface area (Å²) >= 11 is 0. The quantitative estimate of drug-likeness (QED) is 0.512. The van der Waals surface area contributed by atoms with Crippen LogP contribution in [0.2, 0.25) is 0 Å². The molecule has 2 aliphatic rings. The summed E-state index contributed by atoms with van der Waals surface area (Å²) in [5.41, 5.74) is 2.12. The largest absolute Gasteiger partial charge is 0.455 e. The van der Waals surface area contributed by atoms with Crippen molar-refractivity contribution >= 4 is 11.8 Å². The summed E-state index contributed by atoms with van der Waals surface area (Å²) in [7, 11) is 0. The number of carbonyl (C=O) groups excluding carboxylic acids is 1. The van der Waals surface area contributed by atoms with Crippen molar-refractivity contribution < 1.29 is 31.8 Å². The van der Waals surface area contributed by atoms with Crippen LogP contribution in [0.25, 0.3) is 0 Å². The minimum atomic E-state index is -2.00. The van der Waals surface area contributed by atoms with Gasteiger partial charge in [-0.3, -0.25) is 4.79 Å². The number of Topliss-reactive ketones (excluding diaryl/α,β-unsaturated/α-hetero) is 1. The van der Waals surface area contributed by atoms with Crippen molar-refractivity contribution in [3.63, 3.8) is 0 Å². The number of aromatic nitrogens is 2. The number of aliphatic imine (C=N–C) groups is 1. The fourth-order valence-corrected chi connectivity index (χ4v) is 3.72. The Morgan fingerprint density at radius 1 is 1.31 bits per heavy atom. The zero-order chi connectivity index (χ0) is 23.1. The second-order valence-electron chi connectivity index (χ2n) is 7.98. The molecule has 0 unspecified atom stereocenters. The monoisotopic (exact) mass is 452 g/mol. The van der Waals surface area contributed by atoms with E-state index in [4.69, 9.17) is 10.5 Å². The Morgan fingerprint density at radius 2 is 2.06 bits per heavy atom. The second-order valence-corrected chi connectivity index (χ2v) is 7.98. The van der Waals surface area contributed by atoms with Crippen molar-refractivity contribution in [2.45, 2.75) is 49.7 Å². The molecule has 0 saturated heterocycles. The van der Waals surface area contributed by atoms with Crippen LogP contribution >= 0.6 is 0 Å². The van der Waals surface area contributed by atoms with E-state index in [1.54, 1.807) is 0 Å². The highest BCUT2D eigenvalue weighted by Crippen LogP contribution is 2.51. The average Bonchev–Trinajstić information content (AvgIpc) is 3.51. The van der Waals surface area contributed by atoms with E-state index in [0.717, 1.165) is 18.5 Å². The molecule has 1 aliphatic carbocycles. The van der Waals surface area contributed by atoms with Crippen LogP contribution in [0.3, 0.4) is 0 Å². The van der Waals surface area contributed by atoms with Crippen molar-refractivity contribution in [2.24, 2.45) is 10.7 Å². The van der Waals surface area contributed by atoms with E-state index in [-0.39, 0.29) is 36.4 Å². The first-order valence-electron chi connectivity index (χ1n) is 9.84. The summed E-state index contributed by atoms with van der Waals surface area (Å²) in [5.74, 6) is -1.32. The summed E-state index contributed by atoms with van der Waals surface area (Å²) in [5, 5.41) is 0.